The third kappa shape index (κ3) is 3.53. The van der Waals surface area contributed by atoms with E-state index >= 15 is 0 Å². The minimum Gasteiger partial charge on any atom is -0.539 e. The van der Waals surface area contributed by atoms with Crippen LogP contribution < -0.4 is 0 Å². The van der Waals surface area contributed by atoms with Gasteiger partial charge in [-0.2, -0.15) is 0 Å². The second kappa shape index (κ2) is 2.76. The lowest BCUT2D eigenvalue weighted by atomic mass is 10.1. The third-order valence-corrected chi connectivity index (χ3v) is 0.284. The van der Waals surface area contributed by atoms with Gasteiger partial charge in [-0.3, -0.25) is 4.79 Å². The van der Waals surface area contributed by atoms with E-state index in [0.29, 0.717) is 0 Å². The Morgan fingerprint density at radius 1 is 1.83 bits per heavy atom. The molecule has 0 aromatic heterocycles. The van der Waals surface area contributed by atoms with E-state index in [2.05, 4.69) is 4.65 Å². The molecule has 0 unspecified atom stereocenters. The van der Waals surface area contributed by atoms with Gasteiger partial charge in [0.1, 0.15) is 0 Å². The van der Waals surface area contributed by atoms with Gasteiger partial charge in [-0.25, -0.2) is 0 Å². The van der Waals surface area contributed by atoms with Gasteiger partial charge in [-0.05, 0) is 0 Å². The van der Waals surface area contributed by atoms with E-state index < -0.39 is 0 Å². The summed E-state index contributed by atoms with van der Waals surface area (Å²) in [6, 6.07) is 0. The van der Waals surface area contributed by atoms with Crippen LogP contribution in [0.15, 0.2) is 0 Å². The summed E-state index contributed by atoms with van der Waals surface area (Å²) >= 11 is 0. The van der Waals surface area contributed by atoms with E-state index in [0.717, 1.165) is 0 Å². The Kier molecular flexibility index (Phi) is 2.54. The normalized spacial score (nSPS) is 7.00. The first-order valence-corrected chi connectivity index (χ1v) is 1.72. The van der Waals surface area contributed by atoms with E-state index in [4.69, 9.17) is 0 Å². The van der Waals surface area contributed by atoms with Crippen molar-refractivity contribution in [3.05, 3.63) is 0 Å². The SMILES string of the molecule is C[B]OC(C)=O. The van der Waals surface area contributed by atoms with Gasteiger partial charge in [-0.1, -0.05) is 6.82 Å². The van der Waals surface area contributed by atoms with Gasteiger partial charge >= 0.3 is 7.48 Å². The molecule has 33 valence electrons. The fourth-order valence-electron chi connectivity index (χ4n) is 0.166. The van der Waals surface area contributed by atoms with Gasteiger partial charge < -0.3 is 4.65 Å². The molecule has 0 rings (SSSR count). The Morgan fingerprint density at radius 2 is 2.33 bits per heavy atom. The fourth-order valence-corrected chi connectivity index (χ4v) is 0.166. The van der Waals surface area contributed by atoms with Crippen molar-refractivity contribution in [1.82, 2.24) is 0 Å². The standard InChI is InChI=1S/C3H6BO2/c1-3(5)6-4-2/h1-2H3. The lowest BCUT2D eigenvalue weighted by molar-refractivity contribution is -0.131. The smallest absolute Gasteiger partial charge is 0.370 e. The van der Waals surface area contributed by atoms with E-state index in [-0.39, 0.29) is 5.97 Å². The molecular weight excluding hydrogens is 78.8 g/mol. The van der Waals surface area contributed by atoms with Crippen LogP contribution in [0.2, 0.25) is 6.82 Å². The maximum atomic E-state index is 9.79. The van der Waals surface area contributed by atoms with Crippen LogP contribution in [0.4, 0.5) is 0 Å². The summed E-state index contributed by atoms with van der Waals surface area (Å²) < 4.78 is 4.28. The molecule has 0 aromatic carbocycles. The molecule has 6 heavy (non-hydrogen) atoms. The molecule has 0 bridgehead atoms. The first kappa shape index (κ1) is 5.53. The number of rotatable bonds is 1. The second-order valence-electron chi connectivity index (χ2n) is 0.845. The Labute approximate surface area is 37.8 Å². The molecule has 0 aromatic rings. The average Bonchev–Trinajstić information content (AvgIpc) is 1.35. The number of hydrogen-bond acceptors (Lipinski definition) is 2. The quantitative estimate of drug-likeness (QED) is 0.425. The van der Waals surface area contributed by atoms with Crippen molar-refractivity contribution in [2.24, 2.45) is 0 Å². The summed E-state index contributed by atoms with van der Waals surface area (Å²) in [4.78, 5) is 9.79. The van der Waals surface area contributed by atoms with Crippen molar-refractivity contribution >= 4 is 13.5 Å². The highest BCUT2D eigenvalue weighted by molar-refractivity contribution is 6.28. The lowest BCUT2D eigenvalue weighted by Crippen LogP contribution is -1.98. The van der Waals surface area contributed by atoms with E-state index in [1.54, 1.807) is 6.82 Å². The van der Waals surface area contributed by atoms with Crippen molar-refractivity contribution in [2.45, 2.75) is 13.7 Å². The summed E-state index contributed by atoms with van der Waals surface area (Å²) in [5, 5.41) is 0. The van der Waals surface area contributed by atoms with Crippen molar-refractivity contribution < 1.29 is 9.45 Å². The molecule has 0 aliphatic rings. The molecule has 2 nitrogen and oxygen atoms in total. The Balaban J connectivity index is 2.83. The summed E-state index contributed by atoms with van der Waals surface area (Å²) in [5.41, 5.74) is 0. The van der Waals surface area contributed by atoms with Crippen LogP contribution in [-0.2, 0) is 9.45 Å². The molecule has 0 N–H and O–H groups in total. The van der Waals surface area contributed by atoms with Crippen LogP contribution >= 0.6 is 0 Å². The van der Waals surface area contributed by atoms with Gasteiger partial charge in [0.15, 0.2) is 0 Å². The van der Waals surface area contributed by atoms with Crippen LogP contribution in [-0.4, -0.2) is 13.5 Å². The first-order valence-electron chi connectivity index (χ1n) is 1.72. The highest BCUT2D eigenvalue weighted by Crippen LogP contribution is 1.67. The Bertz CT molecular complexity index is 52.8. The zero-order valence-corrected chi connectivity index (χ0v) is 3.89. The Morgan fingerprint density at radius 3 is 2.33 bits per heavy atom. The molecule has 0 amide bonds. The molecule has 0 saturated carbocycles. The molecular formula is C3H6BO2. The predicted octanol–water partition coefficient (Wildman–Crippen LogP) is 0.217. The fraction of sp³-hybridized carbons (Fsp3) is 0.667. The third-order valence-electron chi connectivity index (χ3n) is 0.284. The maximum Gasteiger partial charge on any atom is 0.370 e. The summed E-state index contributed by atoms with van der Waals surface area (Å²) in [5.74, 6) is -0.266. The summed E-state index contributed by atoms with van der Waals surface area (Å²) in [7, 11) is 1.35. The second-order valence-corrected chi connectivity index (χ2v) is 0.845. The maximum absolute atomic E-state index is 9.79. The van der Waals surface area contributed by atoms with Crippen LogP contribution in [0.1, 0.15) is 6.92 Å². The zero-order valence-electron chi connectivity index (χ0n) is 3.89. The van der Waals surface area contributed by atoms with Crippen molar-refractivity contribution in [3.63, 3.8) is 0 Å². The number of hydrogen-bond donors (Lipinski definition) is 0. The number of carbonyl (C=O) groups excluding carboxylic acids is 1. The molecule has 0 spiro atoms. The Hall–Kier alpha value is -0.465. The van der Waals surface area contributed by atoms with Crippen molar-refractivity contribution in [1.29, 1.82) is 0 Å². The largest absolute Gasteiger partial charge is 0.539 e. The minimum absolute atomic E-state index is 0.266. The van der Waals surface area contributed by atoms with Crippen LogP contribution in [0, 0.1) is 0 Å². The highest BCUT2D eigenvalue weighted by Gasteiger charge is 1.84. The van der Waals surface area contributed by atoms with Gasteiger partial charge in [0.05, 0.1) is 0 Å². The molecule has 0 fully saturated rings. The molecule has 1 radical (unpaired) electrons. The highest BCUT2D eigenvalue weighted by atomic mass is 16.5. The van der Waals surface area contributed by atoms with E-state index in [1.807, 2.05) is 0 Å². The van der Waals surface area contributed by atoms with Crippen LogP contribution in [0.5, 0.6) is 0 Å². The first-order chi connectivity index (χ1) is 2.77. The average molecular weight is 84.9 g/mol. The van der Waals surface area contributed by atoms with Gasteiger partial charge in [0, 0.05) is 6.92 Å². The number of carbonyl (C=O) groups is 1. The molecule has 0 saturated heterocycles. The summed E-state index contributed by atoms with van der Waals surface area (Å²) in [6.07, 6.45) is 0. The van der Waals surface area contributed by atoms with Crippen molar-refractivity contribution in [3.8, 4) is 0 Å². The molecule has 0 aliphatic carbocycles. The molecule has 3 heteroatoms. The molecule has 0 atom stereocenters. The monoisotopic (exact) mass is 85.0 g/mol. The van der Waals surface area contributed by atoms with E-state index in [9.17, 15) is 4.79 Å². The van der Waals surface area contributed by atoms with Crippen LogP contribution in [0.25, 0.3) is 0 Å². The molecule has 0 aliphatic heterocycles. The topological polar surface area (TPSA) is 26.3 Å². The van der Waals surface area contributed by atoms with Gasteiger partial charge in [-0.15, -0.1) is 0 Å². The minimum atomic E-state index is -0.266. The van der Waals surface area contributed by atoms with Gasteiger partial charge in [0.25, 0.3) is 5.97 Å². The predicted molar refractivity (Wildman–Crippen MR) is 23.4 cm³/mol. The molecule has 0 heterocycles. The summed E-state index contributed by atoms with van der Waals surface area (Å²) in [6.45, 7) is 3.02. The van der Waals surface area contributed by atoms with Gasteiger partial charge in [0.2, 0.25) is 0 Å². The lowest BCUT2D eigenvalue weighted by Gasteiger charge is -1.88. The van der Waals surface area contributed by atoms with Crippen LogP contribution in [0.3, 0.4) is 0 Å². The van der Waals surface area contributed by atoms with Crippen molar-refractivity contribution in [2.75, 3.05) is 0 Å². The van der Waals surface area contributed by atoms with E-state index in [1.165, 1.54) is 14.4 Å². The zero-order chi connectivity index (χ0) is 4.99.